The maximum absolute atomic E-state index is 14.0. The van der Waals surface area contributed by atoms with Crippen molar-refractivity contribution in [1.82, 2.24) is 15.1 Å². The Bertz CT molecular complexity index is 1420. The zero-order chi connectivity index (χ0) is 26.7. The Morgan fingerprint density at radius 2 is 1.79 bits per heavy atom. The van der Waals surface area contributed by atoms with Gasteiger partial charge in [0, 0.05) is 23.8 Å². The van der Waals surface area contributed by atoms with E-state index in [-0.39, 0.29) is 29.6 Å². The lowest BCUT2D eigenvalue weighted by Crippen LogP contribution is -2.60. The van der Waals surface area contributed by atoms with Crippen LogP contribution in [0.15, 0.2) is 54.6 Å². The predicted molar refractivity (Wildman–Crippen MR) is 148 cm³/mol. The van der Waals surface area contributed by atoms with Crippen LogP contribution in [0.4, 0.5) is 4.39 Å². The van der Waals surface area contributed by atoms with Gasteiger partial charge in [0.05, 0.1) is 4.88 Å². The third-order valence-corrected chi connectivity index (χ3v) is 10.3. The highest BCUT2D eigenvalue weighted by Gasteiger charge is 2.52. The number of amides is 3. The first-order valence-corrected chi connectivity index (χ1v) is 14.9. The van der Waals surface area contributed by atoms with Crippen LogP contribution in [0.25, 0.3) is 10.1 Å². The fraction of sp³-hybridized carbons (Fsp3) is 0.452. The third kappa shape index (κ3) is 4.73. The van der Waals surface area contributed by atoms with Crippen molar-refractivity contribution in [3.63, 3.8) is 0 Å². The summed E-state index contributed by atoms with van der Waals surface area (Å²) in [6.45, 7) is 1.27. The van der Waals surface area contributed by atoms with E-state index in [1.807, 2.05) is 46.2 Å². The number of carbonyl (C=O) groups excluding carboxylic acids is 3. The number of hydrogen-bond acceptors (Lipinski definition) is 4. The summed E-state index contributed by atoms with van der Waals surface area (Å²) in [6.07, 6.45) is 4.95. The van der Waals surface area contributed by atoms with E-state index in [9.17, 15) is 18.8 Å². The van der Waals surface area contributed by atoms with E-state index >= 15 is 0 Å². The molecule has 0 radical (unpaired) electrons. The van der Waals surface area contributed by atoms with E-state index in [1.165, 1.54) is 17.4 Å². The maximum atomic E-state index is 14.0. The number of hydrogen-bond donors (Lipinski definition) is 1. The van der Waals surface area contributed by atoms with Gasteiger partial charge in [-0.1, -0.05) is 30.3 Å². The molecule has 7 rings (SSSR count). The molecule has 0 unspecified atom stereocenters. The summed E-state index contributed by atoms with van der Waals surface area (Å²) in [5, 5.41) is 4.09. The Labute approximate surface area is 231 Å². The predicted octanol–water partition coefficient (Wildman–Crippen LogP) is 4.63. The molecule has 1 aromatic heterocycles. The Kier molecular flexibility index (Phi) is 6.18. The van der Waals surface area contributed by atoms with Crippen molar-refractivity contribution in [3.05, 3.63) is 70.9 Å². The van der Waals surface area contributed by atoms with Crippen LogP contribution in [0.1, 0.15) is 47.3 Å². The van der Waals surface area contributed by atoms with E-state index in [0.29, 0.717) is 48.6 Å². The summed E-state index contributed by atoms with van der Waals surface area (Å²) >= 11 is 1.44. The molecule has 6 nitrogen and oxygen atoms in total. The van der Waals surface area contributed by atoms with Gasteiger partial charge in [-0.3, -0.25) is 14.4 Å². The summed E-state index contributed by atoms with van der Waals surface area (Å²) in [6, 6.07) is 15.4. The quantitative estimate of drug-likeness (QED) is 0.508. The summed E-state index contributed by atoms with van der Waals surface area (Å²) < 4.78 is 14.6. The number of rotatable bonds is 5. The van der Waals surface area contributed by atoms with Crippen LogP contribution in [0.2, 0.25) is 0 Å². The smallest absolute Gasteiger partial charge is 0.262 e. The van der Waals surface area contributed by atoms with Gasteiger partial charge in [-0.25, -0.2) is 4.39 Å². The van der Waals surface area contributed by atoms with Crippen LogP contribution >= 0.6 is 11.3 Å². The molecule has 4 aliphatic rings. The van der Waals surface area contributed by atoms with Gasteiger partial charge in [0.2, 0.25) is 11.8 Å². The number of nitrogens with zero attached hydrogens (tertiary/aromatic N) is 2. The molecule has 3 saturated heterocycles. The number of nitrogens with one attached hydrogen (secondary N) is 1. The molecule has 3 aromatic rings. The third-order valence-electron chi connectivity index (χ3n) is 9.16. The molecule has 2 aromatic carbocycles. The molecule has 3 aliphatic heterocycles. The molecular weight excluding hydrogens is 513 g/mol. The average molecular weight is 546 g/mol. The Hall–Kier alpha value is -3.26. The molecule has 5 atom stereocenters. The van der Waals surface area contributed by atoms with Crippen molar-refractivity contribution in [3.8, 4) is 0 Å². The minimum absolute atomic E-state index is 0.0174. The van der Waals surface area contributed by atoms with E-state index in [2.05, 4.69) is 5.32 Å². The number of benzene rings is 2. The van der Waals surface area contributed by atoms with E-state index in [1.54, 1.807) is 12.1 Å². The van der Waals surface area contributed by atoms with Gasteiger partial charge in [0.1, 0.15) is 17.9 Å². The molecule has 4 heterocycles. The van der Waals surface area contributed by atoms with Crippen molar-refractivity contribution in [2.75, 3.05) is 13.1 Å². The molecule has 1 N–H and O–H groups in total. The van der Waals surface area contributed by atoms with Crippen molar-refractivity contribution in [2.45, 2.75) is 56.7 Å². The van der Waals surface area contributed by atoms with Gasteiger partial charge in [0.25, 0.3) is 5.91 Å². The zero-order valence-corrected chi connectivity index (χ0v) is 22.5. The van der Waals surface area contributed by atoms with Gasteiger partial charge >= 0.3 is 0 Å². The van der Waals surface area contributed by atoms with Crippen molar-refractivity contribution < 1.29 is 18.8 Å². The molecule has 0 bridgehead atoms. The van der Waals surface area contributed by atoms with Crippen molar-refractivity contribution in [1.29, 1.82) is 0 Å². The minimum Gasteiger partial charge on any atom is -0.340 e. The second kappa shape index (κ2) is 9.73. The van der Waals surface area contributed by atoms with Crippen LogP contribution in [0, 0.1) is 23.6 Å². The topological polar surface area (TPSA) is 69.7 Å². The van der Waals surface area contributed by atoms with Gasteiger partial charge in [-0.2, -0.15) is 0 Å². The normalized spacial score (nSPS) is 28.3. The number of halogens is 1. The molecule has 3 amide bonds. The van der Waals surface area contributed by atoms with Crippen LogP contribution in [0.3, 0.4) is 0 Å². The Morgan fingerprint density at radius 1 is 0.974 bits per heavy atom. The number of likely N-dealkylation sites (tertiary alicyclic amines) is 1. The number of thiophene rings is 1. The largest absolute Gasteiger partial charge is 0.340 e. The highest BCUT2D eigenvalue weighted by molar-refractivity contribution is 7.20. The molecule has 0 spiro atoms. The standard InChI is InChI=1S/C31H32FN3O3S/c32-23-6-3-4-18(11-23)10-19-16-34(17-19)31(38)26-9-8-24-13-21-12-22(21)14-25(30(37)35(24)26)33-29(36)28-15-20-5-1-2-7-27(20)39-28/h1-7,11,15,19,21-22,24-26H,8-10,12-14,16-17H2,(H,33,36)/t21-,22+,24-,25+,26+/m1/s1. The van der Waals surface area contributed by atoms with Crippen LogP contribution in [0.5, 0.6) is 0 Å². The lowest BCUT2D eigenvalue weighted by atomic mass is 9.91. The first-order chi connectivity index (χ1) is 18.9. The van der Waals surface area contributed by atoms with Crippen LogP contribution in [-0.4, -0.2) is 58.7 Å². The summed E-state index contributed by atoms with van der Waals surface area (Å²) in [7, 11) is 0. The fourth-order valence-corrected chi connectivity index (χ4v) is 8.01. The Morgan fingerprint density at radius 3 is 2.62 bits per heavy atom. The average Bonchev–Trinajstić information content (AvgIpc) is 3.28. The highest BCUT2D eigenvalue weighted by Crippen LogP contribution is 2.49. The molecule has 4 fully saturated rings. The molecule has 39 heavy (non-hydrogen) atoms. The Balaban J connectivity index is 1.04. The lowest BCUT2D eigenvalue weighted by molar-refractivity contribution is -0.151. The van der Waals surface area contributed by atoms with E-state index in [4.69, 9.17) is 0 Å². The fourth-order valence-electron chi connectivity index (χ4n) is 7.04. The summed E-state index contributed by atoms with van der Waals surface area (Å²) in [4.78, 5) is 45.1. The van der Waals surface area contributed by atoms with Crippen molar-refractivity contribution >= 4 is 39.1 Å². The van der Waals surface area contributed by atoms with Crippen molar-refractivity contribution in [2.24, 2.45) is 17.8 Å². The first kappa shape index (κ1) is 24.8. The molecule has 1 aliphatic carbocycles. The molecule has 202 valence electrons. The first-order valence-electron chi connectivity index (χ1n) is 14.1. The SMILES string of the molecule is O=C(N[C@H]1C[C@@H]2C[C@@H]2C[C@H]2CC[C@@H](C(=O)N3CC(Cc4cccc(F)c4)C3)N2C1=O)c1cc2ccccc2s1. The minimum atomic E-state index is -0.606. The second-order valence-electron chi connectivity index (χ2n) is 11.8. The number of carbonyl (C=O) groups is 3. The molecule has 8 heteroatoms. The number of fused-ring (bicyclic) bond motifs is 3. The van der Waals surface area contributed by atoms with Gasteiger partial charge in [-0.05, 0) is 91.5 Å². The lowest BCUT2D eigenvalue weighted by Gasteiger charge is -2.43. The highest BCUT2D eigenvalue weighted by atomic mass is 32.1. The van der Waals surface area contributed by atoms with Gasteiger partial charge < -0.3 is 15.1 Å². The van der Waals surface area contributed by atoms with E-state index < -0.39 is 12.1 Å². The van der Waals surface area contributed by atoms with Crippen LogP contribution < -0.4 is 5.32 Å². The second-order valence-corrected chi connectivity index (χ2v) is 12.9. The monoisotopic (exact) mass is 545 g/mol. The van der Waals surface area contributed by atoms with Gasteiger partial charge in [0.15, 0.2) is 0 Å². The zero-order valence-electron chi connectivity index (χ0n) is 21.7. The van der Waals surface area contributed by atoms with E-state index in [0.717, 1.165) is 41.3 Å². The maximum Gasteiger partial charge on any atom is 0.262 e. The van der Waals surface area contributed by atoms with Gasteiger partial charge in [-0.15, -0.1) is 11.3 Å². The summed E-state index contributed by atoms with van der Waals surface area (Å²) in [5.41, 5.74) is 0.947. The molecular formula is C31H32FN3O3S. The van der Waals surface area contributed by atoms with Crippen LogP contribution in [-0.2, 0) is 16.0 Å². The molecule has 1 saturated carbocycles. The summed E-state index contributed by atoms with van der Waals surface area (Å²) in [5.74, 6) is 0.807.